The van der Waals surface area contributed by atoms with Crippen LogP contribution in [0.1, 0.15) is 15.9 Å². The fourth-order valence-corrected chi connectivity index (χ4v) is 0.974. The summed E-state index contributed by atoms with van der Waals surface area (Å²) >= 11 is 0. The van der Waals surface area contributed by atoms with Crippen molar-refractivity contribution >= 4 is 18.4 Å². The highest BCUT2D eigenvalue weighted by molar-refractivity contribution is 5.89. The van der Waals surface area contributed by atoms with Crippen molar-refractivity contribution in [3.8, 4) is 11.8 Å². The number of rotatable bonds is 1. The molecule has 5 heteroatoms. The number of halogens is 1. The minimum Gasteiger partial charge on any atom is -0.465 e. The lowest BCUT2D eigenvalue weighted by Crippen LogP contribution is -2.28. The number of esters is 1. The molecule has 0 aliphatic heterocycles. The van der Waals surface area contributed by atoms with E-state index in [1.54, 1.807) is 24.3 Å². The third-order valence-corrected chi connectivity index (χ3v) is 1.69. The summed E-state index contributed by atoms with van der Waals surface area (Å²) < 4.78 is 4.56. The largest absolute Gasteiger partial charge is 0.465 e. The molecule has 0 radical (unpaired) electrons. The van der Waals surface area contributed by atoms with E-state index in [0.29, 0.717) is 5.56 Å². The molecular weight excluding hydrogens is 228 g/mol. The van der Waals surface area contributed by atoms with Crippen molar-refractivity contribution in [3.05, 3.63) is 35.4 Å². The smallest absolute Gasteiger partial charge is 0.337 e. The van der Waals surface area contributed by atoms with Gasteiger partial charge in [0, 0.05) is 5.56 Å². The van der Waals surface area contributed by atoms with Gasteiger partial charge in [-0.05, 0) is 24.3 Å². The van der Waals surface area contributed by atoms with Crippen molar-refractivity contribution in [3.63, 3.8) is 0 Å². The third kappa shape index (κ3) is 4.32. The van der Waals surface area contributed by atoms with E-state index >= 15 is 0 Å². The Bertz CT molecular complexity index is 404. The molecule has 0 unspecified atom stereocenters. The summed E-state index contributed by atoms with van der Waals surface area (Å²) in [5.41, 5.74) is 11.8. The summed E-state index contributed by atoms with van der Waals surface area (Å²) in [7, 11) is 1.34. The maximum absolute atomic E-state index is 11.1. The van der Waals surface area contributed by atoms with Crippen molar-refractivity contribution in [2.45, 2.75) is 6.17 Å². The van der Waals surface area contributed by atoms with Crippen LogP contribution in [0, 0.1) is 11.8 Å². The molecule has 0 fully saturated rings. The average molecular weight is 241 g/mol. The molecule has 0 spiro atoms. The van der Waals surface area contributed by atoms with E-state index in [2.05, 4.69) is 16.6 Å². The van der Waals surface area contributed by atoms with E-state index in [9.17, 15) is 4.79 Å². The van der Waals surface area contributed by atoms with Gasteiger partial charge in [-0.3, -0.25) is 0 Å². The molecule has 0 bridgehead atoms. The second kappa shape index (κ2) is 6.85. The van der Waals surface area contributed by atoms with E-state index in [1.807, 2.05) is 0 Å². The van der Waals surface area contributed by atoms with Gasteiger partial charge >= 0.3 is 5.97 Å². The van der Waals surface area contributed by atoms with Crippen molar-refractivity contribution in [2.24, 2.45) is 11.5 Å². The molecule has 4 N–H and O–H groups in total. The Balaban J connectivity index is 0.00000225. The second-order valence-electron chi connectivity index (χ2n) is 2.86. The van der Waals surface area contributed by atoms with Crippen molar-refractivity contribution in [1.82, 2.24) is 0 Å². The molecule has 0 heterocycles. The minimum absolute atomic E-state index is 0. The number of benzene rings is 1. The van der Waals surface area contributed by atoms with Crippen LogP contribution in [0.15, 0.2) is 24.3 Å². The Morgan fingerprint density at radius 2 is 1.88 bits per heavy atom. The van der Waals surface area contributed by atoms with E-state index in [1.165, 1.54) is 7.11 Å². The normalized spacial score (nSPS) is 8.75. The van der Waals surface area contributed by atoms with Crippen LogP contribution in [0.3, 0.4) is 0 Å². The molecule has 1 aromatic rings. The molecule has 0 amide bonds. The van der Waals surface area contributed by atoms with Gasteiger partial charge in [0.05, 0.1) is 12.7 Å². The standard InChI is InChI=1S/C11H12N2O2.ClH/c1-15-11(14)9-5-2-8(3-6-9)4-7-10(12)13;/h2-3,5-6,10H,12-13H2,1H3;1H. The van der Waals surface area contributed by atoms with Gasteiger partial charge in [-0.1, -0.05) is 11.8 Å². The van der Waals surface area contributed by atoms with Crippen LogP contribution in [0.25, 0.3) is 0 Å². The Hall–Kier alpha value is -1.54. The zero-order valence-electron chi connectivity index (χ0n) is 8.77. The van der Waals surface area contributed by atoms with Crippen molar-refractivity contribution in [1.29, 1.82) is 0 Å². The molecule has 1 aromatic carbocycles. The maximum Gasteiger partial charge on any atom is 0.337 e. The van der Waals surface area contributed by atoms with Gasteiger partial charge in [0.1, 0.15) is 6.17 Å². The van der Waals surface area contributed by atoms with E-state index in [0.717, 1.165) is 5.56 Å². The molecule has 1 rings (SSSR count). The lowest BCUT2D eigenvalue weighted by atomic mass is 10.1. The van der Waals surface area contributed by atoms with Gasteiger partial charge in [0.2, 0.25) is 0 Å². The molecule has 0 aliphatic rings. The van der Waals surface area contributed by atoms with Gasteiger partial charge < -0.3 is 16.2 Å². The lowest BCUT2D eigenvalue weighted by molar-refractivity contribution is 0.0601. The van der Waals surface area contributed by atoms with Gasteiger partial charge in [0.25, 0.3) is 0 Å². The zero-order chi connectivity index (χ0) is 11.3. The lowest BCUT2D eigenvalue weighted by Gasteiger charge is -1.98. The third-order valence-electron chi connectivity index (χ3n) is 1.69. The number of carbonyl (C=O) groups is 1. The average Bonchev–Trinajstić information content (AvgIpc) is 2.26. The summed E-state index contributed by atoms with van der Waals surface area (Å²) in [6.45, 7) is 0. The molecule has 0 saturated heterocycles. The topological polar surface area (TPSA) is 78.3 Å². The van der Waals surface area contributed by atoms with E-state index in [4.69, 9.17) is 11.5 Å². The Labute approximate surface area is 100 Å². The van der Waals surface area contributed by atoms with E-state index < -0.39 is 6.17 Å². The molecule has 86 valence electrons. The van der Waals surface area contributed by atoms with Gasteiger partial charge in [-0.15, -0.1) is 12.4 Å². The molecular formula is C11H13ClN2O2. The summed E-state index contributed by atoms with van der Waals surface area (Å²) in [6, 6.07) is 6.69. The monoisotopic (exact) mass is 240 g/mol. The number of hydrogen-bond acceptors (Lipinski definition) is 4. The van der Waals surface area contributed by atoms with Crippen LogP contribution < -0.4 is 11.5 Å². The van der Waals surface area contributed by atoms with Gasteiger partial charge in [0.15, 0.2) is 0 Å². The Morgan fingerprint density at radius 1 is 1.31 bits per heavy atom. The summed E-state index contributed by atoms with van der Waals surface area (Å²) in [5, 5.41) is 0. The fraction of sp³-hybridized carbons (Fsp3) is 0.182. The molecule has 0 atom stereocenters. The summed E-state index contributed by atoms with van der Waals surface area (Å²) in [5.74, 6) is 5.02. The van der Waals surface area contributed by atoms with E-state index in [-0.39, 0.29) is 18.4 Å². The number of hydrogen-bond donors (Lipinski definition) is 2. The highest BCUT2D eigenvalue weighted by Gasteiger charge is 2.02. The first-order valence-corrected chi connectivity index (χ1v) is 4.34. The van der Waals surface area contributed by atoms with Crippen molar-refractivity contribution < 1.29 is 9.53 Å². The van der Waals surface area contributed by atoms with Crippen molar-refractivity contribution in [2.75, 3.05) is 7.11 Å². The highest BCUT2D eigenvalue weighted by atomic mass is 35.5. The minimum atomic E-state index is -0.648. The van der Waals surface area contributed by atoms with Crippen LogP contribution in [-0.4, -0.2) is 19.2 Å². The summed E-state index contributed by atoms with van der Waals surface area (Å²) in [4.78, 5) is 11.1. The first-order valence-electron chi connectivity index (χ1n) is 4.34. The molecule has 0 aromatic heterocycles. The van der Waals surface area contributed by atoms with Gasteiger partial charge in [-0.2, -0.15) is 0 Å². The number of ether oxygens (including phenoxy) is 1. The first kappa shape index (κ1) is 14.5. The predicted octanol–water partition coefficient (Wildman–Crippen LogP) is 0.490. The highest BCUT2D eigenvalue weighted by Crippen LogP contribution is 2.04. The van der Waals surface area contributed by atoms with Crippen LogP contribution >= 0.6 is 12.4 Å². The second-order valence-corrected chi connectivity index (χ2v) is 2.86. The quantitative estimate of drug-likeness (QED) is 0.426. The number of nitrogens with two attached hydrogens (primary N) is 2. The van der Waals surface area contributed by atoms with Gasteiger partial charge in [-0.25, -0.2) is 4.79 Å². The SMILES string of the molecule is COC(=O)c1ccc(C#CC(N)N)cc1.Cl. The zero-order valence-corrected chi connectivity index (χ0v) is 9.58. The van der Waals surface area contributed by atoms with Crippen LogP contribution in [0.5, 0.6) is 0 Å². The maximum atomic E-state index is 11.1. The number of methoxy groups -OCH3 is 1. The molecule has 0 aliphatic carbocycles. The predicted molar refractivity (Wildman–Crippen MR) is 64.1 cm³/mol. The number of carbonyl (C=O) groups excluding carboxylic acids is 1. The van der Waals surface area contributed by atoms with Crippen LogP contribution in [0.2, 0.25) is 0 Å². The first-order chi connectivity index (χ1) is 7.13. The molecule has 4 nitrogen and oxygen atoms in total. The molecule has 0 saturated carbocycles. The Kier molecular flexibility index (Phi) is 6.19. The van der Waals surface area contributed by atoms with Crippen LogP contribution in [0.4, 0.5) is 0 Å². The fourth-order valence-electron chi connectivity index (χ4n) is 0.974. The summed E-state index contributed by atoms with van der Waals surface area (Å²) in [6.07, 6.45) is -0.648. The Morgan fingerprint density at radius 3 is 2.31 bits per heavy atom. The van der Waals surface area contributed by atoms with Crippen LogP contribution in [-0.2, 0) is 4.74 Å². The molecule has 16 heavy (non-hydrogen) atoms.